The Bertz CT molecular complexity index is 353. The van der Waals surface area contributed by atoms with Crippen molar-refractivity contribution in [3.8, 4) is 0 Å². The minimum Gasteiger partial charge on any atom is -0.297 e. The van der Waals surface area contributed by atoms with Gasteiger partial charge in [-0.2, -0.15) is 0 Å². The molecular formula is C13H22N2S. The van der Waals surface area contributed by atoms with Crippen molar-refractivity contribution in [3.63, 3.8) is 0 Å². The Hall–Kier alpha value is -0.670. The number of thiazole rings is 1. The lowest BCUT2D eigenvalue weighted by atomic mass is 10.3. The third kappa shape index (κ3) is 3.72. The second-order valence-electron chi connectivity index (χ2n) is 4.37. The highest BCUT2D eigenvalue weighted by Gasteiger charge is 2.09. The standard InChI is InChI=1S/C13H22N2S/c1-6-7-8-12-11(4)16-13(14-12)9-15(5)10(2)3/h7-8,10H,6,9H2,1-5H3/b8-7-. The maximum atomic E-state index is 4.66. The number of rotatable bonds is 5. The summed E-state index contributed by atoms with van der Waals surface area (Å²) in [4.78, 5) is 8.29. The second kappa shape index (κ2) is 6.16. The molecule has 0 atom stereocenters. The van der Waals surface area contributed by atoms with Crippen LogP contribution in [0.3, 0.4) is 0 Å². The van der Waals surface area contributed by atoms with Gasteiger partial charge in [-0.05, 0) is 40.3 Å². The van der Waals surface area contributed by atoms with Crippen molar-refractivity contribution in [2.45, 2.75) is 46.7 Å². The maximum absolute atomic E-state index is 4.66. The Morgan fingerprint density at radius 1 is 1.44 bits per heavy atom. The van der Waals surface area contributed by atoms with Gasteiger partial charge in [0, 0.05) is 10.9 Å². The number of aryl methyl sites for hydroxylation is 1. The lowest BCUT2D eigenvalue weighted by Gasteiger charge is -2.19. The molecule has 3 heteroatoms. The summed E-state index contributed by atoms with van der Waals surface area (Å²) in [5.41, 5.74) is 1.14. The summed E-state index contributed by atoms with van der Waals surface area (Å²) in [5, 5.41) is 1.21. The van der Waals surface area contributed by atoms with Crippen LogP contribution in [-0.2, 0) is 6.54 Å². The normalized spacial score (nSPS) is 12.2. The molecule has 1 aromatic rings. The molecule has 0 radical (unpaired) electrons. The number of allylic oxidation sites excluding steroid dienone is 1. The summed E-state index contributed by atoms with van der Waals surface area (Å²) < 4.78 is 0. The molecule has 0 spiro atoms. The van der Waals surface area contributed by atoms with Crippen LogP contribution in [0.5, 0.6) is 0 Å². The average Bonchev–Trinajstić information content (AvgIpc) is 2.55. The predicted molar refractivity (Wildman–Crippen MR) is 72.8 cm³/mol. The Morgan fingerprint density at radius 3 is 2.69 bits per heavy atom. The Balaban J connectivity index is 2.73. The first-order chi connectivity index (χ1) is 7.54. The molecule has 1 heterocycles. The van der Waals surface area contributed by atoms with E-state index >= 15 is 0 Å². The van der Waals surface area contributed by atoms with E-state index in [-0.39, 0.29) is 0 Å². The van der Waals surface area contributed by atoms with Crippen molar-refractivity contribution in [3.05, 3.63) is 21.7 Å². The monoisotopic (exact) mass is 238 g/mol. The molecule has 0 saturated carbocycles. The van der Waals surface area contributed by atoms with Gasteiger partial charge in [0.05, 0.1) is 12.2 Å². The zero-order valence-corrected chi connectivity index (χ0v) is 11.8. The lowest BCUT2D eigenvalue weighted by molar-refractivity contribution is 0.265. The van der Waals surface area contributed by atoms with Gasteiger partial charge >= 0.3 is 0 Å². The van der Waals surface area contributed by atoms with Gasteiger partial charge in [-0.25, -0.2) is 4.98 Å². The SMILES string of the molecule is CC/C=C\c1nc(CN(C)C(C)C)sc1C. The molecule has 0 unspecified atom stereocenters. The van der Waals surface area contributed by atoms with Crippen LogP contribution in [0.2, 0.25) is 0 Å². The van der Waals surface area contributed by atoms with Gasteiger partial charge in [-0.1, -0.05) is 13.0 Å². The van der Waals surface area contributed by atoms with E-state index in [9.17, 15) is 0 Å². The Labute approximate surface area is 103 Å². The van der Waals surface area contributed by atoms with E-state index < -0.39 is 0 Å². The van der Waals surface area contributed by atoms with E-state index in [1.165, 1.54) is 9.88 Å². The highest BCUT2D eigenvalue weighted by Crippen LogP contribution is 2.20. The molecule has 0 N–H and O–H groups in total. The molecule has 0 bridgehead atoms. The van der Waals surface area contributed by atoms with Crippen molar-refractivity contribution in [1.82, 2.24) is 9.88 Å². The molecule has 0 aliphatic carbocycles. The molecule has 16 heavy (non-hydrogen) atoms. The molecule has 0 amide bonds. The summed E-state index contributed by atoms with van der Waals surface area (Å²) >= 11 is 1.81. The van der Waals surface area contributed by atoms with Crippen molar-refractivity contribution < 1.29 is 0 Å². The molecule has 0 fully saturated rings. The molecule has 0 aliphatic rings. The third-order valence-corrected chi connectivity index (χ3v) is 3.63. The summed E-state index contributed by atoms with van der Waals surface area (Å²) in [6.07, 6.45) is 5.36. The van der Waals surface area contributed by atoms with E-state index in [1.54, 1.807) is 11.3 Å². The van der Waals surface area contributed by atoms with E-state index in [2.05, 4.69) is 56.8 Å². The molecule has 0 aliphatic heterocycles. The highest BCUT2D eigenvalue weighted by atomic mass is 32.1. The van der Waals surface area contributed by atoms with Gasteiger partial charge in [0.2, 0.25) is 0 Å². The summed E-state index contributed by atoms with van der Waals surface area (Å²) in [7, 11) is 2.14. The first-order valence-corrected chi connectivity index (χ1v) is 6.69. The van der Waals surface area contributed by atoms with Crippen LogP contribution in [0.25, 0.3) is 6.08 Å². The maximum Gasteiger partial charge on any atom is 0.108 e. The van der Waals surface area contributed by atoms with Crippen LogP contribution in [0.1, 0.15) is 42.8 Å². The van der Waals surface area contributed by atoms with Crippen LogP contribution < -0.4 is 0 Å². The molecule has 90 valence electrons. The van der Waals surface area contributed by atoms with Gasteiger partial charge in [0.25, 0.3) is 0 Å². The van der Waals surface area contributed by atoms with Crippen LogP contribution in [-0.4, -0.2) is 23.0 Å². The van der Waals surface area contributed by atoms with Gasteiger partial charge in [-0.15, -0.1) is 11.3 Å². The zero-order chi connectivity index (χ0) is 12.1. The predicted octanol–water partition coefficient (Wildman–Crippen LogP) is 3.71. The highest BCUT2D eigenvalue weighted by molar-refractivity contribution is 7.11. The molecule has 2 nitrogen and oxygen atoms in total. The molecule has 0 saturated heterocycles. The fourth-order valence-electron chi connectivity index (χ4n) is 1.31. The van der Waals surface area contributed by atoms with Crippen LogP contribution >= 0.6 is 11.3 Å². The minimum absolute atomic E-state index is 0.568. The topological polar surface area (TPSA) is 16.1 Å². The van der Waals surface area contributed by atoms with Crippen LogP contribution in [0, 0.1) is 6.92 Å². The summed E-state index contributed by atoms with van der Waals surface area (Å²) in [6.45, 7) is 9.65. The smallest absolute Gasteiger partial charge is 0.108 e. The minimum atomic E-state index is 0.568. The van der Waals surface area contributed by atoms with Crippen LogP contribution in [0.15, 0.2) is 6.08 Å². The summed E-state index contributed by atoms with van der Waals surface area (Å²) in [6, 6.07) is 0.568. The molecule has 0 aromatic carbocycles. The first kappa shape index (κ1) is 13.4. The van der Waals surface area contributed by atoms with E-state index in [0.29, 0.717) is 6.04 Å². The first-order valence-electron chi connectivity index (χ1n) is 5.87. The Morgan fingerprint density at radius 2 is 2.12 bits per heavy atom. The number of aromatic nitrogens is 1. The van der Waals surface area contributed by atoms with E-state index in [4.69, 9.17) is 0 Å². The number of hydrogen-bond donors (Lipinski definition) is 0. The van der Waals surface area contributed by atoms with Gasteiger partial charge < -0.3 is 0 Å². The number of nitrogens with zero attached hydrogens (tertiary/aromatic N) is 2. The van der Waals surface area contributed by atoms with Crippen molar-refractivity contribution in [1.29, 1.82) is 0 Å². The van der Waals surface area contributed by atoms with Gasteiger partial charge in [0.1, 0.15) is 5.01 Å². The van der Waals surface area contributed by atoms with Crippen molar-refractivity contribution in [2.75, 3.05) is 7.05 Å². The number of hydrogen-bond acceptors (Lipinski definition) is 3. The van der Waals surface area contributed by atoms with Gasteiger partial charge in [-0.3, -0.25) is 4.90 Å². The average molecular weight is 238 g/mol. The van der Waals surface area contributed by atoms with E-state index in [1.807, 2.05) is 0 Å². The van der Waals surface area contributed by atoms with Crippen molar-refractivity contribution >= 4 is 17.4 Å². The van der Waals surface area contributed by atoms with E-state index in [0.717, 1.165) is 18.7 Å². The fraction of sp³-hybridized carbons (Fsp3) is 0.615. The molecule has 1 aromatic heterocycles. The third-order valence-electron chi connectivity index (χ3n) is 2.65. The lowest BCUT2D eigenvalue weighted by Crippen LogP contribution is -2.25. The zero-order valence-electron chi connectivity index (χ0n) is 10.9. The van der Waals surface area contributed by atoms with Crippen LogP contribution in [0.4, 0.5) is 0 Å². The van der Waals surface area contributed by atoms with Gasteiger partial charge in [0.15, 0.2) is 0 Å². The summed E-state index contributed by atoms with van der Waals surface area (Å²) in [5.74, 6) is 0. The second-order valence-corrected chi connectivity index (χ2v) is 5.66. The Kier molecular flexibility index (Phi) is 5.16. The quantitative estimate of drug-likeness (QED) is 0.777. The molecule has 1 rings (SSSR count). The molecular weight excluding hydrogens is 216 g/mol. The largest absolute Gasteiger partial charge is 0.297 e. The van der Waals surface area contributed by atoms with Crippen molar-refractivity contribution in [2.24, 2.45) is 0 Å². The fourth-order valence-corrected chi connectivity index (χ4v) is 2.30.